The third-order valence-electron chi connectivity index (χ3n) is 6.12. The maximum atomic E-state index is 13.5. The first-order chi connectivity index (χ1) is 15.8. The fourth-order valence-electron chi connectivity index (χ4n) is 4.48. The molecule has 1 fully saturated rings. The van der Waals surface area contributed by atoms with Gasteiger partial charge >= 0.3 is 0 Å². The second-order valence-electron chi connectivity index (χ2n) is 8.52. The Labute approximate surface area is 194 Å². The summed E-state index contributed by atoms with van der Waals surface area (Å²) in [5, 5.41) is 5.60. The molecule has 1 N–H and O–H groups in total. The van der Waals surface area contributed by atoms with Crippen LogP contribution < -0.4 is 4.72 Å². The van der Waals surface area contributed by atoms with Crippen molar-refractivity contribution in [3.05, 3.63) is 59.8 Å². The molecule has 33 heavy (non-hydrogen) atoms. The molecule has 3 heterocycles. The first kappa shape index (κ1) is 22.4. The van der Waals surface area contributed by atoms with Crippen molar-refractivity contribution in [1.29, 1.82) is 0 Å². The third-order valence-corrected chi connectivity index (χ3v) is 9.21. The fourth-order valence-corrected chi connectivity index (χ4v) is 7.16. The van der Waals surface area contributed by atoms with Gasteiger partial charge in [0, 0.05) is 34.8 Å². The number of aryl methyl sites for hydroxylation is 1. The Morgan fingerprint density at radius 2 is 1.97 bits per heavy atom. The molecular weight excluding hydrogens is 468 g/mol. The summed E-state index contributed by atoms with van der Waals surface area (Å²) in [7, 11) is -3.68. The van der Waals surface area contributed by atoms with Crippen LogP contribution in [-0.4, -0.2) is 43.6 Å². The summed E-state index contributed by atoms with van der Waals surface area (Å²) in [4.78, 5) is 2.26. The van der Waals surface area contributed by atoms with E-state index in [1.807, 2.05) is 0 Å². The maximum absolute atomic E-state index is 13.5. The number of hydrogen-bond donors (Lipinski definition) is 1. The number of rotatable bonds is 7. The largest absolute Gasteiger partial charge is 0.356 e. The molecule has 2 aromatic heterocycles. The monoisotopic (exact) mass is 491 g/mol. The summed E-state index contributed by atoms with van der Waals surface area (Å²) < 4.78 is 61.5. The zero-order valence-corrected chi connectivity index (χ0v) is 19.6. The summed E-state index contributed by atoms with van der Waals surface area (Å²) in [6, 6.07) is 10.3. The second kappa shape index (κ2) is 8.75. The van der Waals surface area contributed by atoms with Gasteiger partial charge in [-0.3, -0.25) is 4.90 Å². The first-order valence-electron chi connectivity index (χ1n) is 10.8. The Kier molecular flexibility index (Phi) is 5.94. The number of halogens is 2. The molecule has 0 aliphatic carbocycles. The summed E-state index contributed by atoms with van der Waals surface area (Å²) in [5.41, 5.74) is 1.24. The highest BCUT2D eigenvalue weighted by Crippen LogP contribution is 2.30. The number of likely N-dealkylation sites (tertiary alicyclic amines) is 1. The molecule has 6 nitrogen and oxygen atoms in total. The number of aromatic nitrogens is 1. The minimum atomic E-state index is -3.68. The summed E-state index contributed by atoms with van der Waals surface area (Å²) in [6.45, 7) is 3.49. The van der Waals surface area contributed by atoms with Crippen molar-refractivity contribution in [2.75, 3.05) is 13.1 Å². The molecule has 5 rings (SSSR count). The highest BCUT2D eigenvalue weighted by atomic mass is 32.2. The number of thiophene rings is 1. The van der Waals surface area contributed by atoms with Crippen molar-refractivity contribution in [3.8, 4) is 0 Å². The standard InChI is InChI=1S/C23H23F2N3O3S2/c1-14-9-18(27-33(29,30)23-10-15-4-5-17(25)12-22(15)32-23)13-28(14)8-2-3-20-19-7-6-16(24)11-21(19)31-26-20/h4-7,10-12,14,18,27H,2-3,8-9,13H2,1H3/t14-,18-/m0/s1. The predicted octanol–water partition coefficient (Wildman–Crippen LogP) is 4.69. The molecule has 10 heteroatoms. The van der Waals surface area contributed by atoms with E-state index in [0.717, 1.165) is 35.4 Å². The zero-order chi connectivity index (χ0) is 23.2. The third kappa shape index (κ3) is 4.65. The van der Waals surface area contributed by atoms with E-state index in [2.05, 4.69) is 21.7 Å². The van der Waals surface area contributed by atoms with Crippen LogP contribution in [0.5, 0.6) is 0 Å². The highest BCUT2D eigenvalue weighted by molar-refractivity contribution is 7.91. The average Bonchev–Trinajstić information content (AvgIpc) is 3.45. The highest BCUT2D eigenvalue weighted by Gasteiger charge is 2.32. The Balaban J connectivity index is 1.19. The number of sulfonamides is 1. The van der Waals surface area contributed by atoms with Gasteiger partial charge in [0.25, 0.3) is 0 Å². The average molecular weight is 492 g/mol. The lowest BCUT2D eigenvalue weighted by Crippen LogP contribution is -2.37. The molecule has 174 valence electrons. The second-order valence-corrected chi connectivity index (χ2v) is 11.5. The van der Waals surface area contributed by atoms with E-state index in [-0.39, 0.29) is 27.9 Å². The Bertz CT molecular complexity index is 1420. The molecule has 2 atom stereocenters. The van der Waals surface area contributed by atoms with E-state index in [1.54, 1.807) is 18.2 Å². The van der Waals surface area contributed by atoms with Gasteiger partial charge < -0.3 is 4.52 Å². The fraction of sp³-hybridized carbons (Fsp3) is 0.348. The number of fused-ring (bicyclic) bond motifs is 2. The molecule has 0 unspecified atom stereocenters. The normalized spacial score (nSPS) is 19.7. The van der Waals surface area contributed by atoms with Crippen LogP contribution in [-0.2, 0) is 16.4 Å². The minimum Gasteiger partial charge on any atom is -0.356 e. The molecule has 0 radical (unpaired) electrons. The molecule has 0 saturated carbocycles. The van der Waals surface area contributed by atoms with Crippen molar-refractivity contribution >= 4 is 42.4 Å². The first-order valence-corrected chi connectivity index (χ1v) is 13.1. The van der Waals surface area contributed by atoms with Crippen molar-refractivity contribution in [3.63, 3.8) is 0 Å². The van der Waals surface area contributed by atoms with Crippen LogP contribution >= 0.6 is 11.3 Å². The predicted molar refractivity (Wildman–Crippen MR) is 124 cm³/mol. The molecule has 0 bridgehead atoms. The van der Waals surface area contributed by atoms with Gasteiger partial charge in [-0.2, -0.15) is 0 Å². The zero-order valence-electron chi connectivity index (χ0n) is 17.9. The van der Waals surface area contributed by atoms with Gasteiger partial charge in [0.05, 0.1) is 5.69 Å². The van der Waals surface area contributed by atoms with E-state index in [9.17, 15) is 17.2 Å². The van der Waals surface area contributed by atoms with Crippen LogP contribution in [0, 0.1) is 11.6 Å². The molecule has 1 aliphatic rings. The van der Waals surface area contributed by atoms with Gasteiger partial charge in [-0.15, -0.1) is 11.3 Å². The van der Waals surface area contributed by atoms with E-state index in [1.165, 1.54) is 24.3 Å². The Morgan fingerprint density at radius 1 is 1.18 bits per heavy atom. The van der Waals surface area contributed by atoms with Gasteiger partial charge in [-0.25, -0.2) is 21.9 Å². The van der Waals surface area contributed by atoms with E-state index < -0.39 is 10.0 Å². The van der Waals surface area contributed by atoms with E-state index >= 15 is 0 Å². The summed E-state index contributed by atoms with van der Waals surface area (Å²) >= 11 is 1.07. The van der Waals surface area contributed by atoms with Crippen LogP contribution in [0.1, 0.15) is 25.5 Å². The van der Waals surface area contributed by atoms with Gasteiger partial charge in [-0.1, -0.05) is 11.2 Å². The van der Waals surface area contributed by atoms with Crippen LogP contribution in [0.3, 0.4) is 0 Å². The molecule has 2 aromatic carbocycles. The Hall–Kier alpha value is -2.40. The van der Waals surface area contributed by atoms with Crippen molar-refractivity contribution in [1.82, 2.24) is 14.8 Å². The van der Waals surface area contributed by atoms with Crippen LogP contribution in [0.15, 0.2) is 51.2 Å². The lowest BCUT2D eigenvalue weighted by molar-refractivity contribution is 0.263. The van der Waals surface area contributed by atoms with Crippen LogP contribution in [0.25, 0.3) is 21.1 Å². The topological polar surface area (TPSA) is 75.4 Å². The summed E-state index contributed by atoms with van der Waals surface area (Å²) in [6.07, 6.45) is 2.23. The molecule has 1 saturated heterocycles. The van der Waals surface area contributed by atoms with Gasteiger partial charge in [0.15, 0.2) is 5.58 Å². The molecular formula is C23H23F2N3O3S2. The molecule has 4 aromatic rings. The SMILES string of the molecule is C[C@H]1C[C@H](NS(=O)(=O)c2cc3ccc(F)cc3s2)CN1CCCc1noc2cc(F)ccc12. The Morgan fingerprint density at radius 3 is 2.82 bits per heavy atom. The van der Waals surface area contributed by atoms with Gasteiger partial charge in [0.2, 0.25) is 10.0 Å². The number of nitrogens with one attached hydrogen (secondary N) is 1. The molecule has 1 aliphatic heterocycles. The van der Waals surface area contributed by atoms with E-state index in [4.69, 9.17) is 4.52 Å². The van der Waals surface area contributed by atoms with Crippen molar-refractivity contribution < 1.29 is 21.7 Å². The molecule has 0 spiro atoms. The maximum Gasteiger partial charge on any atom is 0.250 e. The summed E-state index contributed by atoms with van der Waals surface area (Å²) in [5.74, 6) is -0.736. The lowest BCUT2D eigenvalue weighted by atomic mass is 10.1. The lowest BCUT2D eigenvalue weighted by Gasteiger charge is -2.20. The molecule has 0 amide bonds. The van der Waals surface area contributed by atoms with Crippen molar-refractivity contribution in [2.24, 2.45) is 0 Å². The minimum absolute atomic E-state index is 0.192. The number of nitrogens with zero attached hydrogens (tertiary/aromatic N) is 2. The number of benzene rings is 2. The van der Waals surface area contributed by atoms with Crippen LogP contribution in [0.4, 0.5) is 8.78 Å². The quantitative estimate of drug-likeness (QED) is 0.406. The smallest absolute Gasteiger partial charge is 0.250 e. The number of hydrogen-bond acceptors (Lipinski definition) is 6. The van der Waals surface area contributed by atoms with Crippen LogP contribution in [0.2, 0.25) is 0 Å². The van der Waals surface area contributed by atoms with Gasteiger partial charge in [-0.05, 0) is 68.4 Å². The van der Waals surface area contributed by atoms with Crippen molar-refractivity contribution in [2.45, 2.75) is 42.5 Å². The van der Waals surface area contributed by atoms with Gasteiger partial charge in [0.1, 0.15) is 15.8 Å². The van der Waals surface area contributed by atoms with E-state index in [0.29, 0.717) is 35.1 Å².